The Balaban J connectivity index is 3.10. The summed E-state index contributed by atoms with van der Waals surface area (Å²) in [5.41, 5.74) is -1.98. The second-order valence-electron chi connectivity index (χ2n) is 8.44. The summed E-state index contributed by atoms with van der Waals surface area (Å²) in [5.74, 6) is -1.28. The number of carbonyl (C=O) groups excluding carboxylic acids is 2. The number of benzene rings is 1. The fourth-order valence-electron chi connectivity index (χ4n) is 2.29. The second kappa shape index (κ2) is 8.85. The Morgan fingerprint density at radius 2 is 1.56 bits per heavy atom. The molecule has 0 N–H and O–H groups in total. The summed E-state index contributed by atoms with van der Waals surface area (Å²) in [6.07, 6.45) is 3.13. The van der Waals surface area contributed by atoms with Crippen LogP contribution in [-0.2, 0) is 25.5 Å². The zero-order valence-corrected chi connectivity index (χ0v) is 17.0. The van der Waals surface area contributed by atoms with E-state index in [0.717, 1.165) is 11.6 Å². The van der Waals surface area contributed by atoms with Crippen molar-refractivity contribution < 1.29 is 19.1 Å². The van der Waals surface area contributed by atoms with Crippen molar-refractivity contribution in [2.24, 2.45) is 5.41 Å². The number of esters is 2. The van der Waals surface area contributed by atoms with Crippen molar-refractivity contribution in [3.63, 3.8) is 0 Å². The molecular formula is C22H29NO4. The first-order chi connectivity index (χ1) is 12.4. The van der Waals surface area contributed by atoms with E-state index in [1.165, 1.54) is 6.08 Å². The number of nitriles is 1. The summed E-state index contributed by atoms with van der Waals surface area (Å²) in [6, 6.07) is 11.6. The maximum Gasteiger partial charge on any atom is 0.331 e. The number of nitrogens with zero attached hydrogens (tertiary/aromatic N) is 1. The van der Waals surface area contributed by atoms with E-state index in [9.17, 15) is 14.9 Å². The van der Waals surface area contributed by atoms with Gasteiger partial charge in [0.1, 0.15) is 11.2 Å². The standard InChI is InChI=1S/C22H29NO4/c1-20(2,3)26-18(24)13-15-22(16-23,19(25)27-21(4,5)6)14-12-17-10-8-7-9-11-17/h7-11,13,15H,12,14H2,1-6H3/b15-13+. The molecule has 5 heteroatoms. The second-order valence-corrected chi connectivity index (χ2v) is 8.44. The fraction of sp³-hybridized carbons (Fsp3) is 0.500. The molecule has 0 radical (unpaired) electrons. The molecule has 0 amide bonds. The van der Waals surface area contributed by atoms with Crippen molar-refractivity contribution in [1.29, 1.82) is 5.26 Å². The quantitative estimate of drug-likeness (QED) is 0.548. The fourth-order valence-corrected chi connectivity index (χ4v) is 2.29. The number of rotatable bonds is 6. The lowest BCUT2D eigenvalue weighted by molar-refractivity contribution is -0.161. The van der Waals surface area contributed by atoms with Crippen LogP contribution in [0, 0.1) is 16.7 Å². The van der Waals surface area contributed by atoms with Crippen LogP contribution in [-0.4, -0.2) is 23.1 Å². The van der Waals surface area contributed by atoms with Crippen LogP contribution in [0.3, 0.4) is 0 Å². The third-order valence-electron chi connectivity index (χ3n) is 3.52. The van der Waals surface area contributed by atoms with E-state index >= 15 is 0 Å². The van der Waals surface area contributed by atoms with Gasteiger partial charge in [-0.15, -0.1) is 0 Å². The number of aryl methyl sites for hydroxylation is 1. The number of ether oxygens (including phenoxy) is 2. The van der Waals surface area contributed by atoms with Gasteiger partial charge in [0.15, 0.2) is 5.41 Å². The highest BCUT2D eigenvalue weighted by Gasteiger charge is 2.40. The smallest absolute Gasteiger partial charge is 0.331 e. The molecule has 0 aromatic heterocycles. The zero-order valence-electron chi connectivity index (χ0n) is 17.0. The summed E-state index contributed by atoms with van der Waals surface area (Å²) < 4.78 is 10.7. The highest BCUT2D eigenvalue weighted by atomic mass is 16.6. The van der Waals surface area contributed by atoms with E-state index in [4.69, 9.17) is 9.47 Å². The lowest BCUT2D eigenvalue weighted by Gasteiger charge is -2.27. The van der Waals surface area contributed by atoms with Crippen molar-refractivity contribution in [3.05, 3.63) is 48.0 Å². The van der Waals surface area contributed by atoms with Crippen molar-refractivity contribution in [2.75, 3.05) is 0 Å². The predicted octanol–water partition coefficient (Wildman–Crippen LogP) is 4.37. The van der Waals surface area contributed by atoms with Crippen molar-refractivity contribution in [3.8, 4) is 6.07 Å². The van der Waals surface area contributed by atoms with Gasteiger partial charge in [-0.1, -0.05) is 30.3 Å². The Morgan fingerprint density at radius 3 is 2.04 bits per heavy atom. The van der Waals surface area contributed by atoms with Gasteiger partial charge < -0.3 is 9.47 Å². The molecule has 0 spiro atoms. The number of hydrogen-bond acceptors (Lipinski definition) is 5. The molecule has 0 bridgehead atoms. The van der Waals surface area contributed by atoms with Crippen molar-refractivity contribution >= 4 is 11.9 Å². The molecule has 1 aromatic carbocycles. The van der Waals surface area contributed by atoms with Crippen LogP contribution < -0.4 is 0 Å². The average molecular weight is 371 g/mol. The van der Waals surface area contributed by atoms with E-state index in [-0.39, 0.29) is 6.42 Å². The summed E-state index contributed by atoms with van der Waals surface area (Å²) >= 11 is 0. The molecule has 0 heterocycles. The molecule has 0 saturated carbocycles. The van der Waals surface area contributed by atoms with E-state index in [2.05, 4.69) is 6.07 Å². The minimum atomic E-state index is -1.57. The summed E-state index contributed by atoms with van der Waals surface area (Å²) in [4.78, 5) is 24.8. The van der Waals surface area contributed by atoms with Crippen molar-refractivity contribution in [1.82, 2.24) is 0 Å². The Morgan fingerprint density at radius 1 is 1.00 bits per heavy atom. The molecule has 5 nitrogen and oxygen atoms in total. The topological polar surface area (TPSA) is 76.4 Å². The molecule has 0 saturated heterocycles. The first-order valence-corrected chi connectivity index (χ1v) is 8.98. The van der Waals surface area contributed by atoms with Crippen LogP contribution in [0.15, 0.2) is 42.5 Å². The van der Waals surface area contributed by atoms with Crippen LogP contribution in [0.1, 0.15) is 53.5 Å². The Hall–Kier alpha value is -2.61. The van der Waals surface area contributed by atoms with E-state index in [0.29, 0.717) is 6.42 Å². The molecule has 1 aromatic rings. The van der Waals surface area contributed by atoms with Gasteiger partial charge >= 0.3 is 11.9 Å². The van der Waals surface area contributed by atoms with Gasteiger partial charge in [0.2, 0.25) is 0 Å². The van der Waals surface area contributed by atoms with Gasteiger partial charge in [0, 0.05) is 6.08 Å². The van der Waals surface area contributed by atoms with Crippen molar-refractivity contribution in [2.45, 2.75) is 65.6 Å². The van der Waals surface area contributed by atoms with Crippen LogP contribution in [0.2, 0.25) is 0 Å². The summed E-state index contributed by atoms with van der Waals surface area (Å²) in [6.45, 7) is 10.5. The van der Waals surface area contributed by atoms with Gasteiger partial charge in [-0.2, -0.15) is 5.26 Å². The summed E-state index contributed by atoms with van der Waals surface area (Å²) in [7, 11) is 0. The monoisotopic (exact) mass is 371 g/mol. The molecule has 0 aliphatic heterocycles. The lowest BCUT2D eigenvalue weighted by Crippen LogP contribution is -2.36. The van der Waals surface area contributed by atoms with Crippen LogP contribution in [0.5, 0.6) is 0 Å². The third kappa shape index (κ3) is 8.08. The molecule has 27 heavy (non-hydrogen) atoms. The Kier molecular flexibility index (Phi) is 7.36. The van der Waals surface area contributed by atoms with Gasteiger partial charge in [-0.25, -0.2) is 9.59 Å². The van der Waals surface area contributed by atoms with E-state index < -0.39 is 28.6 Å². The lowest BCUT2D eigenvalue weighted by atomic mass is 9.82. The molecule has 1 atom stereocenters. The van der Waals surface area contributed by atoms with Crippen LogP contribution >= 0.6 is 0 Å². The first kappa shape index (κ1) is 22.4. The maximum absolute atomic E-state index is 12.8. The predicted molar refractivity (Wildman–Crippen MR) is 104 cm³/mol. The largest absolute Gasteiger partial charge is 0.459 e. The first-order valence-electron chi connectivity index (χ1n) is 8.98. The highest BCUT2D eigenvalue weighted by molar-refractivity contribution is 5.87. The van der Waals surface area contributed by atoms with Gasteiger partial charge in [-0.3, -0.25) is 0 Å². The molecule has 0 aliphatic carbocycles. The molecule has 1 unspecified atom stereocenters. The molecule has 146 valence electrons. The Labute approximate surface area is 162 Å². The molecule has 1 rings (SSSR count). The van der Waals surface area contributed by atoms with Crippen LogP contribution in [0.25, 0.3) is 0 Å². The van der Waals surface area contributed by atoms with Gasteiger partial charge in [0.05, 0.1) is 6.07 Å². The SMILES string of the molecule is CC(C)(C)OC(=O)/C=C/C(C#N)(CCc1ccccc1)C(=O)OC(C)(C)C. The third-order valence-corrected chi connectivity index (χ3v) is 3.52. The molecule has 0 fully saturated rings. The van der Waals surface area contributed by atoms with Crippen LogP contribution in [0.4, 0.5) is 0 Å². The highest BCUT2D eigenvalue weighted by Crippen LogP contribution is 2.30. The normalized spacial score (nSPS) is 14.3. The molecule has 0 aliphatic rings. The van der Waals surface area contributed by atoms with Gasteiger partial charge in [0.25, 0.3) is 0 Å². The maximum atomic E-state index is 12.8. The number of carbonyl (C=O) groups is 2. The average Bonchev–Trinajstić information content (AvgIpc) is 2.53. The minimum absolute atomic E-state index is 0.196. The summed E-state index contributed by atoms with van der Waals surface area (Å²) in [5, 5.41) is 9.81. The number of hydrogen-bond donors (Lipinski definition) is 0. The van der Waals surface area contributed by atoms with E-state index in [1.807, 2.05) is 30.3 Å². The zero-order chi connectivity index (χ0) is 20.7. The Bertz CT molecular complexity index is 717. The minimum Gasteiger partial charge on any atom is -0.459 e. The molecular weight excluding hydrogens is 342 g/mol. The van der Waals surface area contributed by atoms with Gasteiger partial charge in [-0.05, 0) is 66.0 Å². The van der Waals surface area contributed by atoms with E-state index in [1.54, 1.807) is 41.5 Å².